The average molecular weight is 506 g/mol. The summed E-state index contributed by atoms with van der Waals surface area (Å²) in [6.45, 7) is 1.87. The number of aromatic nitrogens is 3. The number of nitrogens with one attached hydrogen (secondary N) is 2. The number of fused-ring (bicyclic) bond motifs is 1. The number of halogens is 1. The molecule has 0 saturated carbocycles. The standard InChI is InChI=1S/C26H24ClN5O2S/c1-15-10-18(19-12-24(27)29-14-22(19)34-2)20(13-28-15)25(33)32-26-31-21-9-8-17(11-23(21)35-26)30-16-6-4-3-5-7-16/h3-7,10,12-14,17,30H,8-9,11H2,1-2H3,(H,31,32,33)/t17-/m1/s1. The fraction of sp³-hybridized carbons (Fsp3) is 0.231. The second-order valence-corrected chi connectivity index (χ2v) is 9.84. The van der Waals surface area contributed by atoms with Crippen LogP contribution < -0.4 is 15.4 Å². The van der Waals surface area contributed by atoms with Crippen molar-refractivity contribution in [2.45, 2.75) is 32.2 Å². The zero-order valence-electron chi connectivity index (χ0n) is 19.3. The summed E-state index contributed by atoms with van der Waals surface area (Å²) in [7, 11) is 1.56. The summed E-state index contributed by atoms with van der Waals surface area (Å²) in [4.78, 5) is 27.7. The normalized spacial score (nSPS) is 14.8. The molecule has 0 saturated heterocycles. The van der Waals surface area contributed by atoms with Gasteiger partial charge in [0.15, 0.2) is 5.13 Å². The molecule has 1 amide bonds. The molecule has 9 heteroatoms. The van der Waals surface area contributed by atoms with Crippen molar-refractivity contribution in [3.63, 3.8) is 0 Å². The molecule has 0 spiro atoms. The molecule has 1 atom stereocenters. The maximum absolute atomic E-state index is 13.3. The van der Waals surface area contributed by atoms with Crippen LogP contribution in [0.4, 0.5) is 10.8 Å². The third-order valence-electron chi connectivity index (χ3n) is 5.93. The van der Waals surface area contributed by atoms with Gasteiger partial charge in [-0.1, -0.05) is 29.8 Å². The summed E-state index contributed by atoms with van der Waals surface area (Å²) in [5.41, 5.74) is 4.70. The number of pyridine rings is 2. The van der Waals surface area contributed by atoms with E-state index in [1.54, 1.807) is 25.6 Å². The number of hydrogen-bond donors (Lipinski definition) is 2. The molecule has 1 aromatic carbocycles. The fourth-order valence-electron chi connectivity index (χ4n) is 4.24. The van der Waals surface area contributed by atoms with Crippen molar-refractivity contribution < 1.29 is 9.53 Å². The zero-order valence-corrected chi connectivity index (χ0v) is 20.9. The number of amides is 1. The molecule has 1 aliphatic carbocycles. The molecule has 0 radical (unpaired) electrons. The number of rotatable bonds is 6. The monoisotopic (exact) mass is 505 g/mol. The van der Waals surface area contributed by atoms with Gasteiger partial charge in [0.2, 0.25) is 0 Å². The van der Waals surface area contributed by atoms with Gasteiger partial charge in [-0.3, -0.25) is 15.1 Å². The Morgan fingerprint density at radius 3 is 2.77 bits per heavy atom. The predicted molar refractivity (Wildman–Crippen MR) is 140 cm³/mol. The first-order valence-corrected chi connectivity index (χ1v) is 12.5. The van der Waals surface area contributed by atoms with E-state index in [0.29, 0.717) is 38.8 Å². The highest BCUT2D eigenvalue weighted by Gasteiger charge is 2.24. The molecule has 0 aliphatic heterocycles. The van der Waals surface area contributed by atoms with Gasteiger partial charge in [0.1, 0.15) is 10.9 Å². The van der Waals surface area contributed by atoms with Crippen molar-refractivity contribution in [2.75, 3.05) is 17.7 Å². The predicted octanol–water partition coefficient (Wildman–Crippen LogP) is 5.79. The zero-order chi connectivity index (χ0) is 24.4. The van der Waals surface area contributed by atoms with Gasteiger partial charge in [-0.2, -0.15) is 0 Å². The topological polar surface area (TPSA) is 89.0 Å². The molecule has 0 bridgehead atoms. The lowest BCUT2D eigenvalue weighted by Crippen LogP contribution is -2.26. The number of benzene rings is 1. The van der Waals surface area contributed by atoms with E-state index in [2.05, 4.69) is 32.7 Å². The molecule has 7 nitrogen and oxygen atoms in total. The van der Waals surface area contributed by atoms with Crippen LogP contribution in [-0.2, 0) is 12.8 Å². The van der Waals surface area contributed by atoms with Gasteiger partial charge >= 0.3 is 0 Å². The number of methoxy groups -OCH3 is 1. The summed E-state index contributed by atoms with van der Waals surface area (Å²) in [6, 6.07) is 14.1. The Balaban J connectivity index is 1.37. The Kier molecular flexibility index (Phi) is 6.66. The number of para-hydroxylation sites is 1. The fourth-order valence-corrected chi connectivity index (χ4v) is 5.48. The van der Waals surface area contributed by atoms with Crippen LogP contribution in [0.5, 0.6) is 5.75 Å². The Hall–Kier alpha value is -3.49. The van der Waals surface area contributed by atoms with Gasteiger partial charge in [-0.15, -0.1) is 11.3 Å². The number of thiazole rings is 1. The van der Waals surface area contributed by atoms with Crippen LogP contribution in [-0.4, -0.2) is 34.0 Å². The van der Waals surface area contributed by atoms with Gasteiger partial charge in [0.25, 0.3) is 5.91 Å². The lowest BCUT2D eigenvalue weighted by Gasteiger charge is -2.23. The van der Waals surface area contributed by atoms with Gasteiger partial charge in [-0.25, -0.2) is 9.97 Å². The second kappa shape index (κ2) is 10.0. The van der Waals surface area contributed by atoms with Crippen molar-refractivity contribution in [1.29, 1.82) is 0 Å². The number of carbonyl (C=O) groups excluding carboxylic acids is 1. The number of ether oxygens (including phenoxy) is 1. The molecule has 178 valence electrons. The van der Waals surface area contributed by atoms with E-state index in [1.807, 2.05) is 31.2 Å². The molecule has 3 aromatic heterocycles. The minimum absolute atomic E-state index is 0.285. The number of carbonyl (C=O) groups is 1. The van der Waals surface area contributed by atoms with Crippen molar-refractivity contribution in [1.82, 2.24) is 15.0 Å². The number of nitrogens with zero attached hydrogens (tertiary/aromatic N) is 3. The third-order valence-corrected chi connectivity index (χ3v) is 7.18. The molecule has 3 heterocycles. The first kappa shape index (κ1) is 23.3. The summed E-state index contributed by atoms with van der Waals surface area (Å²) in [5.74, 6) is 0.239. The minimum Gasteiger partial charge on any atom is -0.494 e. The molecular weight excluding hydrogens is 482 g/mol. The lowest BCUT2D eigenvalue weighted by molar-refractivity contribution is 0.102. The van der Waals surface area contributed by atoms with E-state index in [4.69, 9.17) is 21.3 Å². The van der Waals surface area contributed by atoms with E-state index in [1.165, 1.54) is 16.2 Å². The van der Waals surface area contributed by atoms with Crippen molar-refractivity contribution in [3.8, 4) is 16.9 Å². The van der Waals surface area contributed by atoms with Gasteiger partial charge in [0.05, 0.1) is 24.6 Å². The van der Waals surface area contributed by atoms with Crippen LogP contribution in [0.15, 0.2) is 54.9 Å². The quantitative estimate of drug-likeness (QED) is 0.322. The Morgan fingerprint density at radius 1 is 1.14 bits per heavy atom. The smallest absolute Gasteiger partial charge is 0.259 e. The lowest BCUT2D eigenvalue weighted by atomic mass is 9.97. The summed E-state index contributed by atoms with van der Waals surface area (Å²) in [5, 5.41) is 7.48. The third kappa shape index (κ3) is 5.13. The van der Waals surface area contributed by atoms with E-state index >= 15 is 0 Å². The van der Waals surface area contributed by atoms with E-state index in [9.17, 15) is 4.79 Å². The molecule has 1 aliphatic rings. The summed E-state index contributed by atoms with van der Waals surface area (Å²) in [6.07, 6.45) is 5.86. The van der Waals surface area contributed by atoms with E-state index < -0.39 is 0 Å². The van der Waals surface area contributed by atoms with E-state index in [0.717, 1.165) is 36.3 Å². The molecule has 2 N–H and O–H groups in total. The van der Waals surface area contributed by atoms with Crippen molar-refractivity contribution >= 4 is 39.7 Å². The largest absolute Gasteiger partial charge is 0.494 e. The highest BCUT2D eigenvalue weighted by atomic mass is 35.5. The number of aryl methyl sites for hydroxylation is 2. The maximum Gasteiger partial charge on any atom is 0.259 e. The number of anilines is 2. The molecule has 4 aromatic rings. The SMILES string of the molecule is COc1cnc(Cl)cc1-c1cc(C)ncc1C(=O)Nc1nc2c(s1)C[C@H](Nc1ccccc1)CC2. The summed E-state index contributed by atoms with van der Waals surface area (Å²) >= 11 is 7.68. The molecule has 0 unspecified atom stereocenters. The molecule has 0 fully saturated rings. The van der Waals surface area contributed by atoms with Crippen LogP contribution in [0.2, 0.25) is 5.15 Å². The van der Waals surface area contributed by atoms with Crippen molar-refractivity contribution in [3.05, 3.63) is 81.8 Å². The van der Waals surface area contributed by atoms with E-state index in [-0.39, 0.29) is 5.91 Å². The van der Waals surface area contributed by atoms with Crippen LogP contribution in [0.25, 0.3) is 11.1 Å². The van der Waals surface area contributed by atoms with Gasteiger partial charge in [0, 0.05) is 46.0 Å². The van der Waals surface area contributed by atoms with Crippen molar-refractivity contribution in [2.24, 2.45) is 0 Å². The van der Waals surface area contributed by atoms with Crippen LogP contribution in [0.1, 0.15) is 33.0 Å². The van der Waals surface area contributed by atoms with Crippen LogP contribution in [0, 0.1) is 6.92 Å². The highest BCUT2D eigenvalue weighted by Crippen LogP contribution is 2.35. The first-order valence-electron chi connectivity index (χ1n) is 11.3. The first-order chi connectivity index (χ1) is 17.0. The Labute approximate surface area is 212 Å². The van der Waals surface area contributed by atoms with Crippen LogP contribution >= 0.6 is 22.9 Å². The van der Waals surface area contributed by atoms with Gasteiger partial charge in [-0.05, 0) is 44.0 Å². The Bertz CT molecular complexity index is 1380. The number of hydrogen-bond acceptors (Lipinski definition) is 7. The summed E-state index contributed by atoms with van der Waals surface area (Å²) < 4.78 is 5.47. The maximum atomic E-state index is 13.3. The molecule has 35 heavy (non-hydrogen) atoms. The average Bonchev–Trinajstić information content (AvgIpc) is 3.26. The minimum atomic E-state index is -0.285. The molecule has 5 rings (SSSR count). The van der Waals surface area contributed by atoms with Gasteiger partial charge < -0.3 is 10.1 Å². The Morgan fingerprint density at radius 2 is 1.97 bits per heavy atom. The molecular formula is C26H24ClN5O2S. The highest BCUT2D eigenvalue weighted by molar-refractivity contribution is 7.15. The second-order valence-electron chi connectivity index (χ2n) is 8.37. The van der Waals surface area contributed by atoms with Crippen LogP contribution in [0.3, 0.4) is 0 Å².